The van der Waals surface area contributed by atoms with Gasteiger partial charge in [-0.3, -0.25) is 4.79 Å². The summed E-state index contributed by atoms with van der Waals surface area (Å²) in [4.78, 5) is 11.7. The Morgan fingerprint density at radius 3 is 2.62 bits per heavy atom. The molecular weight excluding hydrogens is 361 g/mol. The van der Waals surface area contributed by atoms with Gasteiger partial charge >= 0.3 is 5.97 Å². The van der Waals surface area contributed by atoms with Crippen molar-refractivity contribution in [2.75, 3.05) is 13.7 Å². The molecule has 0 spiro atoms. The molecule has 0 aliphatic carbocycles. The van der Waals surface area contributed by atoms with Gasteiger partial charge in [0.05, 0.1) is 7.11 Å². The van der Waals surface area contributed by atoms with Crippen molar-refractivity contribution in [1.82, 2.24) is 4.72 Å². The van der Waals surface area contributed by atoms with Crippen LogP contribution in [0.1, 0.15) is 11.1 Å². The van der Waals surface area contributed by atoms with Crippen LogP contribution in [0, 0.1) is 5.82 Å². The summed E-state index contributed by atoms with van der Waals surface area (Å²) in [7, 11) is -2.38. The van der Waals surface area contributed by atoms with Gasteiger partial charge in [0, 0.05) is 11.0 Å². The van der Waals surface area contributed by atoms with Crippen LogP contribution in [0.3, 0.4) is 0 Å². The number of halogens is 1. The van der Waals surface area contributed by atoms with Crippen LogP contribution in [0.4, 0.5) is 4.39 Å². The van der Waals surface area contributed by atoms with Crippen molar-refractivity contribution in [3.63, 3.8) is 0 Å². The zero-order valence-corrected chi connectivity index (χ0v) is 14.8. The van der Waals surface area contributed by atoms with Crippen molar-refractivity contribution in [2.45, 2.75) is 6.61 Å². The Morgan fingerprint density at radius 2 is 1.92 bits per heavy atom. The monoisotopic (exact) mass is 379 g/mol. The van der Waals surface area contributed by atoms with Gasteiger partial charge in [-0.2, -0.15) is 0 Å². The van der Waals surface area contributed by atoms with Crippen molar-refractivity contribution < 1.29 is 27.1 Å². The van der Waals surface area contributed by atoms with E-state index >= 15 is 0 Å². The van der Waals surface area contributed by atoms with Gasteiger partial charge in [0.25, 0.3) is 0 Å². The lowest BCUT2D eigenvalue weighted by Crippen LogP contribution is -2.29. The Balaban J connectivity index is 1.86. The molecule has 26 heavy (non-hydrogen) atoms. The zero-order chi connectivity index (χ0) is 19.0. The van der Waals surface area contributed by atoms with Crippen molar-refractivity contribution in [1.29, 1.82) is 0 Å². The second kappa shape index (κ2) is 9.12. The Bertz CT molecular complexity index is 882. The summed E-state index contributed by atoms with van der Waals surface area (Å²) in [5.74, 6) is -0.929. The lowest BCUT2D eigenvalue weighted by atomic mass is 10.2. The molecule has 0 saturated carbocycles. The Hall–Kier alpha value is -2.71. The van der Waals surface area contributed by atoms with E-state index < -0.39 is 28.4 Å². The maximum Gasteiger partial charge on any atom is 0.321 e. The summed E-state index contributed by atoms with van der Waals surface area (Å²) in [6, 6.07) is 12.7. The van der Waals surface area contributed by atoms with E-state index in [1.54, 1.807) is 24.3 Å². The van der Waals surface area contributed by atoms with Crippen LogP contribution >= 0.6 is 0 Å². The topological polar surface area (TPSA) is 81.7 Å². The van der Waals surface area contributed by atoms with Crippen LogP contribution < -0.4 is 9.46 Å². The number of methoxy groups -OCH3 is 1. The number of carbonyl (C=O) groups excluding carboxylic acids is 1. The van der Waals surface area contributed by atoms with E-state index in [2.05, 4.69) is 4.72 Å². The molecule has 2 aromatic carbocycles. The summed E-state index contributed by atoms with van der Waals surface area (Å²) in [6.07, 6.45) is 1.41. The summed E-state index contributed by atoms with van der Waals surface area (Å²) in [5.41, 5.74) is 1.05. The highest BCUT2D eigenvalue weighted by Crippen LogP contribution is 2.20. The van der Waals surface area contributed by atoms with E-state index in [4.69, 9.17) is 9.47 Å². The number of carbonyl (C=O) groups is 1. The minimum Gasteiger partial charge on any atom is -0.496 e. The predicted molar refractivity (Wildman–Crippen MR) is 95.1 cm³/mol. The molecule has 0 unspecified atom stereocenters. The highest BCUT2D eigenvalue weighted by atomic mass is 32.2. The van der Waals surface area contributed by atoms with E-state index in [0.717, 1.165) is 5.41 Å². The second-order valence-electron chi connectivity index (χ2n) is 5.20. The molecule has 8 heteroatoms. The molecule has 0 bridgehead atoms. The van der Waals surface area contributed by atoms with Gasteiger partial charge in [-0.25, -0.2) is 17.5 Å². The fraction of sp³-hybridized carbons (Fsp3) is 0.167. The first-order valence-electron chi connectivity index (χ1n) is 7.60. The van der Waals surface area contributed by atoms with Gasteiger partial charge in [0.15, 0.2) is 0 Å². The van der Waals surface area contributed by atoms with Crippen LogP contribution in [-0.4, -0.2) is 28.0 Å². The van der Waals surface area contributed by atoms with E-state index in [1.807, 2.05) is 6.07 Å². The normalized spacial score (nSPS) is 11.5. The molecule has 1 N–H and O–H groups in total. The highest BCUT2D eigenvalue weighted by Gasteiger charge is 2.12. The first-order valence-corrected chi connectivity index (χ1v) is 9.15. The van der Waals surface area contributed by atoms with E-state index in [9.17, 15) is 17.6 Å². The number of sulfonamides is 1. The first-order chi connectivity index (χ1) is 12.4. The minimum absolute atomic E-state index is 0.235. The Labute approximate surface area is 151 Å². The standard InChI is InChI=1S/C18H18FNO5S/c1-24-17-8-7-16(19)11-15(17)13-25-18(21)12-20-26(22,23)10-9-14-5-3-2-4-6-14/h2-11,20H,12-13H2,1H3/b10-9+. The number of hydrogen-bond acceptors (Lipinski definition) is 5. The second-order valence-corrected chi connectivity index (χ2v) is 6.85. The number of benzene rings is 2. The molecule has 0 heterocycles. The zero-order valence-electron chi connectivity index (χ0n) is 14.0. The first kappa shape index (κ1) is 19.6. The summed E-state index contributed by atoms with van der Waals surface area (Å²) >= 11 is 0. The lowest BCUT2D eigenvalue weighted by molar-refractivity contribution is -0.143. The molecule has 0 saturated heterocycles. The van der Waals surface area contributed by atoms with Crippen molar-refractivity contribution in [2.24, 2.45) is 0 Å². The van der Waals surface area contributed by atoms with E-state index in [-0.39, 0.29) is 6.61 Å². The summed E-state index contributed by atoms with van der Waals surface area (Å²) in [5, 5.41) is 0.964. The molecule has 0 amide bonds. The van der Waals surface area contributed by atoms with Gasteiger partial charge in [-0.05, 0) is 29.8 Å². The largest absolute Gasteiger partial charge is 0.496 e. The fourth-order valence-corrected chi connectivity index (χ4v) is 2.76. The highest BCUT2D eigenvalue weighted by molar-refractivity contribution is 7.92. The maximum atomic E-state index is 13.2. The van der Waals surface area contributed by atoms with Crippen molar-refractivity contribution in [3.05, 3.63) is 70.9 Å². The third kappa shape index (κ3) is 6.30. The minimum atomic E-state index is -3.79. The fourth-order valence-electron chi connectivity index (χ4n) is 2.01. The van der Waals surface area contributed by atoms with Crippen molar-refractivity contribution in [3.8, 4) is 5.75 Å². The average molecular weight is 379 g/mol. The quantitative estimate of drug-likeness (QED) is 0.713. The number of rotatable bonds is 8. The molecule has 0 aliphatic rings. The molecule has 0 fully saturated rings. The Kier molecular flexibility index (Phi) is 6.88. The maximum absolute atomic E-state index is 13.2. The SMILES string of the molecule is COc1ccc(F)cc1COC(=O)CNS(=O)(=O)/C=C/c1ccccc1. The molecule has 0 atom stereocenters. The summed E-state index contributed by atoms with van der Waals surface area (Å²) in [6.45, 7) is -0.777. The summed E-state index contributed by atoms with van der Waals surface area (Å²) < 4.78 is 49.0. The smallest absolute Gasteiger partial charge is 0.321 e. The van der Waals surface area contributed by atoms with Crippen LogP contribution in [0.15, 0.2) is 53.9 Å². The van der Waals surface area contributed by atoms with E-state index in [0.29, 0.717) is 16.9 Å². The lowest BCUT2D eigenvalue weighted by Gasteiger charge is -2.09. The van der Waals surface area contributed by atoms with Gasteiger partial charge < -0.3 is 9.47 Å². The molecule has 0 aliphatic heterocycles. The molecular formula is C18H18FNO5S. The van der Waals surface area contributed by atoms with Gasteiger partial charge in [0.2, 0.25) is 10.0 Å². The number of hydrogen-bond donors (Lipinski definition) is 1. The molecule has 0 aromatic heterocycles. The van der Waals surface area contributed by atoms with Crippen LogP contribution in [0.25, 0.3) is 6.08 Å². The number of esters is 1. The molecule has 2 aromatic rings. The average Bonchev–Trinajstić information content (AvgIpc) is 2.64. The van der Waals surface area contributed by atoms with Gasteiger partial charge in [-0.15, -0.1) is 0 Å². The predicted octanol–water partition coefficient (Wildman–Crippen LogP) is 2.47. The third-order valence-corrected chi connectivity index (χ3v) is 4.33. The van der Waals surface area contributed by atoms with Crippen molar-refractivity contribution >= 4 is 22.1 Å². The van der Waals surface area contributed by atoms with Gasteiger partial charge in [0.1, 0.15) is 24.7 Å². The van der Waals surface area contributed by atoms with Gasteiger partial charge in [-0.1, -0.05) is 30.3 Å². The Morgan fingerprint density at radius 1 is 1.19 bits per heavy atom. The van der Waals surface area contributed by atoms with Crippen LogP contribution in [-0.2, 0) is 26.2 Å². The van der Waals surface area contributed by atoms with Crippen LogP contribution in [0.5, 0.6) is 5.75 Å². The third-order valence-electron chi connectivity index (χ3n) is 3.29. The molecule has 6 nitrogen and oxygen atoms in total. The van der Waals surface area contributed by atoms with Crippen LogP contribution in [0.2, 0.25) is 0 Å². The number of nitrogens with one attached hydrogen (secondary N) is 1. The number of ether oxygens (including phenoxy) is 2. The molecule has 0 radical (unpaired) electrons. The molecule has 2 rings (SSSR count). The van der Waals surface area contributed by atoms with E-state index in [1.165, 1.54) is 31.4 Å². The molecule has 138 valence electrons.